The molecule has 3 rings (SSSR count). The molecule has 7 nitrogen and oxygen atoms in total. The van der Waals surface area contributed by atoms with Gasteiger partial charge >= 0.3 is 0 Å². The van der Waals surface area contributed by atoms with Crippen molar-refractivity contribution in [1.29, 1.82) is 0 Å². The van der Waals surface area contributed by atoms with E-state index < -0.39 is 17.7 Å². The maximum absolute atomic E-state index is 11.8. The topological polar surface area (TPSA) is 86.8 Å². The number of fused-ring (bicyclic) bond motifs is 1. The maximum Gasteiger partial charge on any atom is 0.263 e. The first-order chi connectivity index (χ1) is 12.0. The molecule has 2 heterocycles. The zero-order valence-corrected chi connectivity index (χ0v) is 13.7. The zero-order chi connectivity index (χ0) is 18.4. The Morgan fingerprint density at radius 2 is 1.72 bits per heavy atom. The molecule has 1 saturated heterocycles. The van der Waals surface area contributed by atoms with Crippen LogP contribution < -0.4 is 5.32 Å². The van der Waals surface area contributed by atoms with Gasteiger partial charge in [0.1, 0.15) is 6.67 Å². The molecule has 7 heteroatoms. The summed E-state index contributed by atoms with van der Waals surface area (Å²) in [6, 6.07) is 6.56. The molecular formula is C18H19N3O4. The summed E-state index contributed by atoms with van der Waals surface area (Å²) in [4.78, 5) is 48.0. The van der Waals surface area contributed by atoms with Crippen LogP contribution in [0.3, 0.4) is 0 Å². The minimum atomic E-state index is -0.429. The molecule has 2 aliphatic rings. The maximum atomic E-state index is 11.8. The number of rotatable bonds is 4. The van der Waals surface area contributed by atoms with Crippen molar-refractivity contribution in [1.82, 2.24) is 15.1 Å². The average molecular weight is 341 g/mol. The Kier molecular flexibility index (Phi) is 5.84. The van der Waals surface area contributed by atoms with Crippen LogP contribution in [0.15, 0.2) is 49.7 Å². The van der Waals surface area contributed by atoms with E-state index in [0.29, 0.717) is 17.5 Å². The van der Waals surface area contributed by atoms with Crippen LogP contribution in [0.25, 0.3) is 0 Å². The van der Waals surface area contributed by atoms with Crippen molar-refractivity contribution in [3.05, 3.63) is 60.8 Å². The highest BCUT2D eigenvalue weighted by Crippen LogP contribution is 2.21. The molecule has 130 valence electrons. The van der Waals surface area contributed by atoms with Crippen LogP contribution in [0.5, 0.6) is 0 Å². The SMILES string of the molecule is C=CC(=O)NCN1C(=O)c2ccccc2C1=O.C=CN1CCCC1=O. The number of amides is 4. The zero-order valence-electron chi connectivity index (χ0n) is 13.7. The standard InChI is InChI=1S/C12H10N2O3.C6H9NO/c1-2-10(15)13-7-14-11(16)8-5-3-4-6-9(8)12(14)17;1-2-7-5-3-4-6(7)8/h2-6H,1,7H2,(H,13,15);2H,1,3-5H2. The lowest BCUT2D eigenvalue weighted by Crippen LogP contribution is -2.40. The summed E-state index contributed by atoms with van der Waals surface area (Å²) in [5.41, 5.74) is 0.732. The molecule has 0 atom stereocenters. The predicted molar refractivity (Wildman–Crippen MR) is 91.3 cm³/mol. The van der Waals surface area contributed by atoms with E-state index in [1.165, 1.54) is 0 Å². The fraction of sp³-hybridized carbons (Fsp3) is 0.222. The smallest absolute Gasteiger partial charge is 0.263 e. The van der Waals surface area contributed by atoms with Crippen molar-refractivity contribution < 1.29 is 19.2 Å². The Balaban J connectivity index is 0.000000236. The lowest BCUT2D eigenvalue weighted by Gasteiger charge is -2.13. The molecule has 25 heavy (non-hydrogen) atoms. The highest BCUT2D eigenvalue weighted by Gasteiger charge is 2.34. The van der Waals surface area contributed by atoms with Gasteiger partial charge in [-0.05, 0) is 30.8 Å². The second-order valence-corrected chi connectivity index (χ2v) is 5.36. The molecular weight excluding hydrogens is 322 g/mol. The third-order valence-corrected chi connectivity index (χ3v) is 3.81. The van der Waals surface area contributed by atoms with Crippen LogP contribution >= 0.6 is 0 Å². The number of benzene rings is 1. The molecule has 0 bridgehead atoms. The molecule has 0 saturated carbocycles. The van der Waals surface area contributed by atoms with Crippen LogP contribution in [0.1, 0.15) is 33.6 Å². The molecule has 0 aliphatic carbocycles. The normalized spacial score (nSPS) is 15.4. The van der Waals surface area contributed by atoms with Gasteiger partial charge in [-0.2, -0.15) is 0 Å². The van der Waals surface area contributed by atoms with Gasteiger partial charge in [0.15, 0.2) is 0 Å². The fourth-order valence-electron chi connectivity index (χ4n) is 2.47. The fourth-order valence-corrected chi connectivity index (χ4v) is 2.47. The summed E-state index contributed by atoms with van der Waals surface area (Å²) >= 11 is 0. The van der Waals surface area contributed by atoms with Gasteiger partial charge in [0, 0.05) is 13.0 Å². The predicted octanol–water partition coefficient (Wildman–Crippen LogP) is 1.29. The number of carbonyl (C=O) groups is 4. The van der Waals surface area contributed by atoms with Gasteiger partial charge in [-0.3, -0.25) is 24.1 Å². The van der Waals surface area contributed by atoms with E-state index in [2.05, 4.69) is 18.5 Å². The molecule has 0 radical (unpaired) electrons. The van der Waals surface area contributed by atoms with E-state index in [0.717, 1.165) is 23.9 Å². The Morgan fingerprint density at radius 3 is 2.12 bits per heavy atom. The van der Waals surface area contributed by atoms with Crippen molar-refractivity contribution in [3.8, 4) is 0 Å². The monoisotopic (exact) mass is 341 g/mol. The van der Waals surface area contributed by atoms with E-state index in [1.54, 1.807) is 35.4 Å². The Bertz CT molecular complexity index is 707. The summed E-state index contributed by atoms with van der Waals surface area (Å²) in [6.07, 6.45) is 4.37. The number of hydrogen-bond donors (Lipinski definition) is 1. The summed E-state index contributed by atoms with van der Waals surface area (Å²) in [7, 11) is 0. The minimum absolute atomic E-state index is 0.142. The first kappa shape index (κ1) is 18.1. The van der Waals surface area contributed by atoms with Crippen molar-refractivity contribution in [3.63, 3.8) is 0 Å². The Morgan fingerprint density at radius 1 is 1.12 bits per heavy atom. The van der Waals surface area contributed by atoms with Gasteiger partial charge in [-0.15, -0.1) is 0 Å². The van der Waals surface area contributed by atoms with Crippen molar-refractivity contribution in [2.75, 3.05) is 13.2 Å². The van der Waals surface area contributed by atoms with Crippen LogP contribution in [0, 0.1) is 0 Å². The van der Waals surface area contributed by atoms with Gasteiger partial charge < -0.3 is 10.2 Å². The van der Waals surface area contributed by atoms with Gasteiger partial charge in [-0.25, -0.2) is 0 Å². The van der Waals surface area contributed by atoms with E-state index in [1.807, 2.05) is 0 Å². The highest BCUT2D eigenvalue weighted by atomic mass is 16.2. The number of nitrogens with zero attached hydrogens (tertiary/aromatic N) is 2. The summed E-state index contributed by atoms with van der Waals surface area (Å²) in [6.45, 7) is 7.50. The Hall–Kier alpha value is -3.22. The molecule has 2 aliphatic heterocycles. The van der Waals surface area contributed by atoms with Gasteiger partial charge in [0.05, 0.1) is 11.1 Å². The highest BCUT2D eigenvalue weighted by molar-refractivity contribution is 6.21. The number of likely N-dealkylation sites (tertiary alicyclic amines) is 1. The molecule has 1 fully saturated rings. The third kappa shape index (κ3) is 4.00. The van der Waals surface area contributed by atoms with Gasteiger partial charge in [0.25, 0.3) is 11.8 Å². The lowest BCUT2D eigenvalue weighted by atomic mass is 10.1. The van der Waals surface area contributed by atoms with E-state index >= 15 is 0 Å². The number of imide groups is 1. The average Bonchev–Trinajstić information content (AvgIpc) is 3.16. The molecule has 1 aromatic rings. The molecule has 4 amide bonds. The molecule has 1 N–H and O–H groups in total. The van der Waals surface area contributed by atoms with Crippen molar-refractivity contribution in [2.24, 2.45) is 0 Å². The molecule has 0 unspecified atom stereocenters. The minimum Gasteiger partial charge on any atom is -0.334 e. The third-order valence-electron chi connectivity index (χ3n) is 3.81. The summed E-state index contributed by atoms with van der Waals surface area (Å²) in [5, 5.41) is 2.40. The second-order valence-electron chi connectivity index (χ2n) is 5.36. The number of hydrogen-bond acceptors (Lipinski definition) is 4. The van der Waals surface area contributed by atoms with Crippen LogP contribution in [0.4, 0.5) is 0 Å². The quantitative estimate of drug-likeness (QED) is 0.660. The van der Waals surface area contributed by atoms with Crippen LogP contribution in [0.2, 0.25) is 0 Å². The van der Waals surface area contributed by atoms with Crippen LogP contribution in [-0.2, 0) is 9.59 Å². The first-order valence-corrected chi connectivity index (χ1v) is 7.77. The van der Waals surface area contributed by atoms with Crippen molar-refractivity contribution >= 4 is 23.6 Å². The van der Waals surface area contributed by atoms with Gasteiger partial charge in [0.2, 0.25) is 11.8 Å². The van der Waals surface area contributed by atoms with Crippen molar-refractivity contribution in [2.45, 2.75) is 12.8 Å². The summed E-state index contributed by atoms with van der Waals surface area (Å²) < 4.78 is 0. The Labute approximate surface area is 145 Å². The summed E-state index contributed by atoms with van der Waals surface area (Å²) in [5.74, 6) is -1.01. The molecule has 1 aromatic carbocycles. The molecule has 0 aromatic heterocycles. The van der Waals surface area contributed by atoms with E-state index in [-0.39, 0.29) is 12.6 Å². The first-order valence-electron chi connectivity index (χ1n) is 7.77. The lowest BCUT2D eigenvalue weighted by molar-refractivity contribution is -0.125. The van der Waals surface area contributed by atoms with E-state index in [9.17, 15) is 19.2 Å². The number of nitrogens with one attached hydrogen (secondary N) is 1. The molecule has 0 spiro atoms. The van der Waals surface area contributed by atoms with E-state index in [4.69, 9.17) is 0 Å². The largest absolute Gasteiger partial charge is 0.334 e. The number of carbonyl (C=O) groups excluding carboxylic acids is 4. The van der Waals surface area contributed by atoms with Crippen LogP contribution in [-0.4, -0.2) is 46.6 Å². The van der Waals surface area contributed by atoms with Gasteiger partial charge in [-0.1, -0.05) is 25.3 Å². The second kappa shape index (κ2) is 8.05.